The zero-order valence-electron chi connectivity index (χ0n) is 12.0. The van der Waals surface area contributed by atoms with Crippen molar-refractivity contribution in [3.8, 4) is 0 Å². The number of carboxylic acid groups (broad SMARTS) is 1. The number of amides is 1. The summed E-state index contributed by atoms with van der Waals surface area (Å²) >= 11 is 0. The number of carbonyl (C=O) groups is 2. The summed E-state index contributed by atoms with van der Waals surface area (Å²) < 4.78 is 35.6. The Balaban J connectivity index is 2.25. The fraction of sp³-hybridized carbons (Fsp3) is 0.500. The largest absolute Gasteiger partial charge is 0.479 e. The van der Waals surface area contributed by atoms with E-state index >= 15 is 0 Å². The Hall–Kier alpha value is -1.91. The molecule has 0 unspecified atom stereocenters. The minimum absolute atomic E-state index is 0.0832. The van der Waals surface area contributed by atoms with E-state index in [1.165, 1.54) is 18.9 Å². The molecular weight excluding hydrogens is 316 g/mol. The lowest BCUT2D eigenvalue weighted by Crippen LogP contribution is -2.48. The van der Waals surface area contributed by atoms with Crippen LogP contribution in [-0.4, -0.2) is 63.1 Å². The van der Waals surface area contributed by atoms with Crippen molar-refractivity contribution in [3.63, 3.8) is 0 Å². The van der Waals surface area contributed by atoms with Crippen molar-refractivity contribution in [2.75, 3.05) is 26.7 Å². The van der Waals surface area contributed by atoms with Gasteiger partial charge >= 0.3 is 5.97 Å². The molecular formula is C12H16N2O7S. The molecule has 1 aliphatic heterocycles. The highest BCUT2D eigenvalue weighted by Gasteiger charge is 2.32. The molecule has 2 rings (SSSR count). The molecule has 122 valence electrons. The molecule has 2 N–H and O–H groups in total. The number of hydrogen-bond acceptors (Lipinski definition) is 6. The molecule has 1 fully saturated rings. The average molecular weight is 332 g/mol. The van der Waals surface area contributed by atoms with Crippen LogP contribution in [-0.2, 0) is 19.6 Å². The molecule has 0 radical (unpaired) electrons. The molecule has 9 nitrogen and oxygen atoms in total. The highest BCUT2D eigenvalue weighted by molar-refractivity contribution is 7.89. The van der Waals surface area contributed by atoms with Gasteiger partial charge in [-0.1, -0.05) is 0 Å². The first-order valence-corrected chi connectivity index (χ1v) is 7.92. The molecule has 1 saturated heterocycles. The van der Waals surface area contributed by atoms with E-state index in [-0.39, 0.29) is 36.1 Å². The molecule has 0 spiro atoms. The summed E-state index contributed by atoms with van der Waals surface area (Å²) in [5, 5.41) is 8.57. The number of furan rings is 1. The highest BCUT2D eigenvalue weighted by Crippen LogP contribution is 2.21. The maximum Gasteiger partial charge on any atom is 0.334 e. The summed E-state index contributed by atoms with van der Waals surface area (Å²) in [5.41, 5.74) is 0.0832. The lowest BCUT2D eigenvalue weighted by molar-refractivity contribution is -0.154. The Labute approximate surface area is 126 Å². The van der Waals surface area contributed by atoms with Crippen molar-refractivity contribution in [1.29, 1.82) is 0 Å². The van der Waals surface area contributed by atoms with Gasteiger partial charge in [0.25, 0.3) is 15.9 Å². The molecule has 1 atom stereocenters. The standard InChI is InChI=1S/C12H16N2O7S/c1-7-8(5-10(21-7)22(18,19)13-2)11(15)14-3-4-20-9(6-14)12(16)17/h5,9,13H,3-4,6H2,1-2H3,(H,16,17)/t9-/m0/s1. The third-order valence-electron chi connectivity index (χ3n) is 3.29. The number of morpholine rings is 1. The lowest BCUT2D eigenvalue weighted by atomic mass is 10.2. The van der Waals surface area contributed by atoms with E-state index in [9.17, 15) is 18.0 Å². The molecule has 1 aromatic heterocycles. The molecule has 10 heteroatoms. The SMILES string of the molecule is CNS(=O)(=O)c1cc(C(=O)N2CCO[C@H](C(=O)O)C2)c(C)o1. The zero-order chi connectivity index (χ0) is 16.5. The number of sulfonamides is 1. The highest BCUT2D eigenvalue weighted by atomic mass is 32.2. The topological polar surface area (TPSA) is 126 Å². The van der Waals surface area contributed by atoms with Crippen LogP contribution in [0, 0.1) is 6.92 Å². The number of nitrogens with zero attached hydrogens (tertiary/aromatic N) is 1. The Morgan fingerprint density at radius 2 is 2.14 bits per heavy atom. The third kappa shape index (κ3) is 3.13. The monoisotopic (exact) mass is 332 g/mol. The Kier molecular flexibility index (Phi) is 4.54. The van der Waals surface area contributed by atoms with Crippen LogP contribution >= 0.6 is 0 Å². The normalized spacial score (nSPS) is 19.2. The van der Waals surface area contributed by atoms with Crippen molar-refractivity contribution < 1.29 is 32.3 Å². The van der Waals surface area contributed by atoms with Gasteiger partial charge in [0.1, 0.15) is 5.76 Å². The smallest absolute Gasteiger partial charge is 0.334 e. The van der Waals surface area contributed by atoms with E-state index in [1.807, 2.05) is 0 Å². The molecule has 0 aromatic carbocycles. The summed E-state index contributed by atoms with van der Waals surface area (Å²) in [5.74, 6) is -1.49. The lowest BCUT2D eigenvalue weighted by Gasteiger charge is -2.30. The summed E-state index contributed by atoms with van der Waals surface area (Å²) in [6.07, 6.45) is -1.09. The van der Waals surface area contributed by atoms with Gasteiger partial charge in [0.15, 0.2) is 6.10 Å². The summed E-state index contributed by atoms with van der Waals surface area (Å²) in [4.78, 5) is 24.7. The Bertz CT molecular complexity index is 694. The first-order valence-electron chi connectivity index (χ1n) is 6.44. The second kappa shape index (κ2) is 6.07. The number of carbonyl (C=O) groups excluding carboxylic acids is 1. The van der Waals surface area contributed by atoms with Gasteiger partial charge in [-0.15, -0.1) is 0 Å². The molecule has 1 amide bonds. The fourth-order valence-electron chi connectivity index (χ4n) is 2.05. The van der Waals surface area contributed by atoms with Gasteiger partial charge in [0.05, 0.1) is 18.7 Å². The Morgan fingerprint density at radius 1 is 1.45 bits per heavy atom. The van der Waals surface area contributed by atoms with Gasteiger partial charge in [-0.3, -0.25) is 4.79 Å². The molecule has 1 aromatic rings. The van der Waals surface area contributed by atoms with Crippen LogP contribution < -0.4 is 4.72 Å². The molecule has 0 aliphatic carbocycles. The van der Waals surface area contributed by atoms with Crippen molar-refractivity contribution in [2.45, 2.75) is 18.1 Å². The number of ether oxygens (including phenoxy) is 1. The molecule has 1 aliphatic rings. The van der Waals surface area contributed by atoms with Gasteiger partial charge in [-0.25, -0.2) is 17.9 Å². The number of nitrogens with one attached hydrogen (secondary N) is 1. The minimum atomic E-state index is -3.79. The van der Waals surface area contributed by atoms with Crippen molar-refractivity contribution in [1.82, 2.24) is 9.62 Å². The van der Waals surface area contributed by atoms with E-state index in [0.29, 0.717) is 0 Å². The Morgan fingerprint density at radius 3 is 2.73 bits per heavy atom. The van der Waals surface area contributed by atoms with Crippen molar-refractivity contribution >= 4 is 21.9 Å². The quantitative estimate of drug-likeness (QED) is 0.755. The first-order chi connectivity index (χ1) is 10.3. The van der Waals surface area contributed by atoms with Crippen molar-refractivity contribution in [2.24, 2.45) is 0 Å². The maximum absolute atomic E-state index is 12.4. The predicted molar refractivity (Wildman–Crippen MR) is 73.0 cm³/mol. The fourth-order valence-corrected chi connectivity index (χ4v) is 2.76. The van der Waals surface area contributed by atoms with Crippen LogP contribution in [0.5, 0.6) is 0 Å². The second-order valence-corrected chi connectivity index (χ2v) is 6.51. The summed E-state index contributed by atoms with van der Waals surface area (Å²) in [7, 11) is -2.56. The number of aliphatic carboxylic acids is 1. The van der Waals surface area contributed by atoms with Crippen LogP contribution in [0.1, 0.15) is 16.1 Å². The van der Waals surface area contributed by atoms with E-state index in [4.69, 9.17) is 14.3 Å². The average Bonchev–Trinajstić information content (AvgIpc) is 2.89. The number of hydrogen-bond donors (Lipinski definition) is 2. The van der Waals surface area contributed by atoms with E-state index < -0.39 is 28.0 Å². The van der Waals surface area contributed by atoms with E-state index in [2.05, 4.69) is 4.72 Å². The molecule has 0 bridgehead atoms. The van der Waals surface area contributed by atoms with Crippen LogP contribution in [0.3, 0.4) is 0 Å². The second-order valence-electron chi connectivity index (χ2n) is 4.69. The van der Waals surface area contributed by atoms with Gasteiger partial charge in [0, 0.05) is 12.6 Å². The van der Waals surface area contributed by atoms with Gasteiger partial charge < -0.3 is 19.2 Å². The summed E-state index contributed by atoms with van der Waals surface area (Å²) in [6.45, 7) is 1.69. The predicted octanol–water partition coefficient (Wildman–Crippen LogP) is -0.578. The van der Waals surface area contributed by atoms with Crippen LogP contribution in [0.2, 0.25) is 0 Å². The number of aryl methyl sites for hydroxylation is 1. The van der Waals surface area contributed by atoms with Crippen LogP contribution in [0.4, 0.5) is 0 Å². The number of rotatable bonds is 4. The van der Waals surface area contributed by atoms with E-state index in [0.717, 1.165) is 6.07 Å². The van der Waals surface area contributed by atoms with Gasteiger partial charge in [0.2, 0.25) is 5.09 Å². The van der Waals surface area contributed by atoms with Crippen molar-refractivity contribution in [3.05, 3.63) is 17.4 Å². The van der Waals surface area contributed by atoms with E-state index in [1.54, 1.807) is 0 Å². The summed E-state index contributed by atoms with van der Waals surface area (Å²) in [6, 6.07) is 1.13. The number of carboxylic acids is 1. The molecule has 22 heavy (non-hydrogen) atoms. The molecule has 2 heterocycles. The zero-order valence-corrected chi connectivity index (χ0v) is 12.8. The molecule has 0 saturated carbocycles. The maximum atomic E-state index is 12.4. The third-order valence-corrected chi connectivity index (χ3v) is 4.56. The van der Waals surface area contributed by atoms with Gasteiger partial charge in [-0.2, -0.15) is 0 Å². The van der Waals surface area contributed by atoms with Crippen LogP contribution in [0.15, 0.2) is 15.6 Å². The van der Waals surface area contributed by atoms with Crippen LogP contribution in [0.25, 0.3) is 0 Å². The first kappa shape index (κ1) is 16.5. The minimum Gasteiger partial charge on any atom is -0.479 e. The van der Waals surface area contributed by atoms with Gasteiger partial charge in [-0.05, 0) is 14.0 Å².